The van der Waals surface area contributed by atoms with Crippen LogP contribution in [0.2, 0.25) is 0 Å². The van der Waals surface area contributed by atoms with Crippen molar-refractivity contribution in [2.75, 3.05) is 20.1 Å². The van der Waals surface area contributed by atoms with Crippen LogP contribution in [0.3, 0.4) is 0 Å². The lowest BCUT2D eigenvalue weighted by Gasteiger charge is -2.20. The highest BCUT2D eigenvalue weighted by atomic mass is 19.2. The van der Waals surface area contributed by atoms with Gasteiger partial charge < -0.3 is 4.90 Å². The second-order valence-corrected chi connectivity index (χ2v) is 4.05. The van der Waals surface area contributed by atoms with Gasteiger partial charge in [-0.2, -0.15) is 0 Å². The van der Waals surface area contributed by atoms with Crippen molar-refractivity contribution < 1.29 is 13.2 Å². The predicted octanol–water partition coefficient (Wildman–Crippen LogP) is 2.47. The Morgan fingerprint density at radius 3 is 2.67 bits per heavy atom. The minimum absolute atomic E-state index is 0.118. The number of hydrogen-bond acceptors (Lipinski definition) is 1. The van der Waals surface area contributed by atoms with E-state index in [4.69, 9.17) is 0 Å². The van der Waals surface area contributed by atoms with E-state index in [-0.39, 0.29) is 18.5 Å². The van der Waals surface area contributed by atoms with E-state index < -0.39 is 17.3 Å². The highest BCUT2D eigenvalue weighted by Crippen LogP contribution is 2.37. The van der Waals surface area contributed by atoms with Gasteiger partial charge in [-0.3, -0.25) is 0 Å². The van der Waals surface area contributed by atoms with E-state index in [1.54, 1.807) is 11.9 Å². The fraction of sp³-hybridized carbons (Fsp3) is 0.455. The molecule has 1 aliphatic heterocycles. The van der Waals surface area contributed by atoms with Crippen LogP contribution in [0.4, 0.5) is 13.2 Å². The first-order chi connectivity index (χ1) is 7.03. The summed E-state index contributed by atoms with van der Waals surface area (Å²) in [5.74, 6) is -2.05. The SMILES string of the molecule is CN1CCC(F)(c2cccc(F)c2F)C1. The van der Waals surface area contributed by atoms with E-state index in [1.807, 2.05) is 0 Å². The van der Waals surface area contributed by atoms with Gasteiger partial charge in [0.15, 0.2) is 17.3 Å². The van der Waals surface area contributed by atoms with Crippen molar-refractivity contribution in [3.05, 3.63) is 35.4 Å². The van der Waals surface area contributed by atoms with Gasteiger partial charge in [-0.25, -0.2) is 13.2 Å². The quantitative estimate of drug-likeness (QED) is 0.695. The molecule has 0 aliphatic carbocycles. The first kappa shape index (κ1) is 10.5. The Morgan fingerprint density at radius 1 is 1.33 bits per heavy atom. The van der Waals surface area contributed by atoms with Gasteiger partial charge in [-0.1, -0.05) is 12.1 Å². The molecule has 1 saturated heterocycles. The standard InChI is InChI=1S/C11H12F3N/c1-15-6-5-11(14,7-15)8-3-2-4-9(12)10(8)13/h2-4H,5-7H2,1H3. The van der Waals surface area contributed by atoms with Gasteiger partial charge in [-0.05, 0) is 19.5 Å². The van der Waals surface area contributed by atoms with Gasteiger partial charge in [0.25, 0.3) is 0 Å². The van der Waals surface area contributed by atoms with E-state index in [2.05, 4.69) is 0 Å². The number of alkyl halides is 1. The third kappa shape index (κ3) is 1.74. The molecule has 1 fully saturated rings. The summed E-state index contributed by atoms with van der Waals surface area (Å²) in [6.07, 6.45) is 0.212. The smallest absolute Gasteiger partial charge is 0.165 e. The van der Waals surface area contributed by atoms with Gasteiger partial charge in [-0.15, -0.1) is 0 Å². The van der Waals surface area contributed by atoms with E-state index in [1.165, 1.54) is 12.1 Å². The maximum atomic E-state index is 14.3. The Morgan fingerprint density at radius 2 is 2.07 bits per heavy atom. The molecule has 1 heterocycles. The molecule has 1 aromatic rings. The molecule has 1 aliphatic rings. The molecule has 1 unspecified atom stereocenters. The zero-order valence-corrected chi connectivity index (χ0v) is 8.43. The van der Waals surface area contributed by atoms with Gasteiger partial charge in [0.2, 0.25) is 0 Å². The lowest BCUT2D eigenvalue weighted by Crippen LogP contribution is -2.26. The Bertz CT molecular complexity index is 380. The zero-order valence-electron chi connectivity index (χ0n) is 8.43. The maximum absolute atomic E-state index is 14.3. The van der Waals surface area contributed by atoms with Crippen LogP contribution in [-0.4, -0.2) is 25.0 Å². The lowest BCUT2D eigenvalue weighted by molar-refractivity contribution is 0.167. The van der Waals surface area contributed by atoms with Crippen LogP contribution in [-0.2, 0) is 5.67 Å². The third-order valence-corrected chi connectivity index (χ3v) is 2.84. The molecule has 82 valence electrons. The molecule has 0 aromatic heterocycles. The molecule has 4 heteroatoms. The minimum atomic E-state index is -1.75. The van der Waals surface area contributed by atoms with Crippen molar-refractivity contribution in [3.8, 4) is 0 Å². The number of halogens is 3. The first-order valence-corrected chi connectivity index (χ1v) is 4.85. The van der Waals surface area contributed by atoms with E-state index in [0.717, 1.165) is 6.07 Å². The number of hydrogen-bond donors (Lipinski definition) is 0. The summed E-state index contributed by atoms with van der Waals surface area (Å²) in [6.45, 7) is 0.680. The van der Waals surface area contributed by atoms with Crippen molar-refractivity contribution in [2.24, 2.45) is 0 Å². The van der Waals surface area contributed by atoms with Crippen LogP contribution in [0, 0.1) is 11.6 Å². The largest absolute Gasteiger partial charge is 0.303 e. The molecule has 0 bridgehead atoms. The summed E-state index contributed by atoms with van der Waals surface area (Å²) in [4.78, 5) is 1.77. The Balaban J connectivity index is 2.41. The van der Waals surface area contributed by atoms with Crippen LogP contribution >= 0.6 is 0 Å². The zero-order chi connectivity index (χ0) is 11.1. The molecule has 2 rings (SSSR count). The molecule has 0 saturated carbocycles. The molecule has 1 atom stereocenters. The molecule has 0 N–H and O–H groups in total. The summed E-state index contributed by atoms with van der Waals surface area (Å²) in [6, 6.07) is 3.66. The fourth-order valence-corrected chi connectivity index (χ4v) is 2.02. The second kappa shape index (κ2) is 3.52. The summed E-state index contributed by atoms with van der Waals surface area (Å²) in [5.41, 5.74) is -1.91. The van der Waals surface area contributed by atoms with Crippen molar-refractivity contribution in [1.29, 1.82) is 0 Å². The molecular weight excluding hydrogens is 203 g/mol. The minimum Gasteiger partial charge on any atom is -0.303 e. The monoisotopic (exact) mass is 215 g/mol. The van der Waals surface area contributed by atoms with Crippen LogP contribution in [0.15, 0.2) is 18.2 Å². The molecule has 0 spiro atoms. The van der Waals surface area contributed by atoms with Crippen molar-refractivity contribution in [2.45, 2.75) is 12.1 Å². The number of likely N-dealkylation sites (tertiary alicyclic amines) is 1. The maximum Gasteiger partial charge on any atom is 0.165 e. The molecule has 1 nitrogen and oxygen atoms in total. The Hall–Kier alpha value is -1.03. The molecule has 0 amide bonds. The average Bonchev–Trinajstić information content (AvgIpc) is 2.52. The first-order valence-electron chi connectivity index (χ1n) is 4.85. The second-order valence-electron chi connectivity index (χ2n) is 4.05. The molecule has 15 heavy (non-hydrogen) atoms. The Labute approximate surface area is 86.5 Å². The van der Waals surface area contributed by atoms with Gasteiger partial charge >= 0.3 is 0 Å². The van der Waals surface area contributed by atoms with E-state index in [9.17, 15) is 13.2 Å². The summed E-state index contributed by atoms with van der Waals surface area (Å²) >= 11 is 0. The van der Waals surface area contributed by atoms with Crippen LogP contribution in [0.5, 0.6) is 0 Å². The number of likely N-dealkylation sites (N-methyl/N-ethyl adjacent to an activating group) is 1. The summed E-state index contributed by atoms with van der Waals surface area (Å²) in [7, 11) is 1.76. The van der Waals surface area contributed by atoms with E-state index in [0.29, 0.717) is 6.54 Å². The molecule has 1 aromatic carbocycles. The summed E-state index contributed by atoms with van der Waals surface area (Å²) in [5, 5.41) is 0. The van der Waals surface area contributed by atoms with Crippen LogP contribution in [0.1, 0.15) is 12.0 Å². The number of rotatable bonds is 1. The van der Waals surface area contributed by atoms with Crippen molar-refractivity contribution in [3.63, 3.8) is 0 Å². The third-order valence-electron chi connectivity index (χ3n) is 2.84. The molecule has 0 radical (unpaired) electrons. The van der Waals surface area contributed by atoms with Gasteiger partial charge in [0.1, 0.15) is 0 Å². The van der Waals surface area contributed by atoms with Crippen LogP contribution in [0.25, 0.3) is 0 Å². The number of nitrogens with zero attached hydrogens (tertiary/aromatic N) is 1. The molecular formula is C11H12F3N. The fourth-order valence-electron chi connectivity index (χ4n) is 2.02. The summed E-state index contributed by atoms with van der Waals surface area (Å²) < 4.78 is 40.6. The normalized spacial score (nSPS) is 27.2. The van der Waals surface area contributed by atoms with Gasteiger partial charge in [0.05, 0.1) is 0 Å². The average molecular weight is 215 g/mol. The van der Waals surface area contributed by atoms with Crippen molar-refractivity contribution >= 4 is 0 Å². The highest BCUT2D eigenvalue weighted by molar-refractivity contribution is 5.27. The Kier molecular flexibility index (Phi) is 2.46. The topological polar surface area (TPSA) is 3.24 Å². The van der Waals surface area contributed by atoms with Crippen LogP contribution < -0.4 is 0 Å². The lowest BCUT2D eigenvalue weighted by atomic mass is 9.94. The predicted molar refractivity (Wildman–Crippen MR) is 51.3 cm³/mol. The van der Waals surface area contributed by atoms with Gasteiger partial charge in [0, 0.05) is 18.7 Å². The van der Waals surface area contributed by atoms with Crippen molar-refractivity contribution in [1.82, 2.24) is 4.90 Å². The highest BCUT2D eigenvalue weighted by Gasteiger charge is 2.40. The van der Waals surface area contributed by atoms with E-state index >= 15 is 0 Å². The number of benzene rings is 1.